The number of aryl methyl sites for hydroxylation is 1. The normalized spacial score (nSPS) is 16.4. The molecule has 2 rings (SSSR count). The van der Waals surface area contributed by atoms with Gasteiger partial charge in [0.2, 0.25) is 0 Å². The van der Waals surface area contributed by atoms with Crippen LogP contribution in [0.4, 0.5) is 18.9 Å². The van der Waals surface area contributed by atoms with Crippen molar-refractivity contribution in [1.82, 2.24) is 0 Å². The highest BCUT2D eigenvalue weighted by molar-refractivity contribution is 6.01. The zero-order valence-electron chi connectivity index (χ0n) is 11.7. The Morgan fingerprint density at radius 3 is 2.25 bits per heavy atom. The molecule has 1 aromatic rings. The summed E-state index contributed by atoms with van der Waals surface area (Å²) in [7, 11) is 0. The van der Waals surface area contributed by atoms with E-state index in [4.69, 9.17) is 0 Å². The van der Waals surface area contributed by atoms with Gasteiger partial charge in [0.15, 0.2) is 5.78 Å². The third-order valence-electron chi connectivity index (χ3n) is 3.69. The SMILES string of the molecule is CC(=O)c1c(C)cc(C(F)(F)F)cc1N1CCCCC1. The van der Waals surface area contributed by atoms with E-state index in [2.05, 4.69) is 0 Å². The fourth-order valence-corrected chi connectivity index (χ4v) is 2.77. The van der Waals surface area contributed by atoms with Gasteiger partial charge in [-0.2, -0.15) is 13.2 Å². The Kier molecular flexibility index (Phi) is 4.06. The van der Waals surface area contributed by atoms with Crippen LogP contribution in [-0.2, 0) is 6.18 Å². The molecule has 0 aliphatic carbocycles. The first-order valence-electron chi connectivity index (χ1n) is 6.78. The molecule has 0 atom stereocenters. The second kappa shape index (κ2) is 5.46. The quantitative estimate of drug-likeness (QED) is 0.759. The Labute approximate surface area is 116 Å². The van der Waals surface area contributed by atoms with Gasteiger partial charge in [-0.1, -0.05) is 0 Å². The summed E-state index contributed by atoms with van der Waals surface area (Å²) in [5.41, 5.74) is 0.567. The van der Waals surface area contributed by atoms with Crippen molar-refractivity contribution in [3.63, 3.8) is 0 Å². The first-order chi connectivity index (χ1) is 9.30. The Bertz CT molecular complexity index is 517. The molecule has 0 amide bonds. The molecule has 0 radical (unpaired) electrons. The number of Topliss-reactive ketones (excluding diaryl/α,β-unsaturated/α-hetero) is 1. The molecule has 0 aromatic heterocycles. The first kappa shape index (κ1) is 14.9. The van der Waals surface area contributed by atoms with Crippen molar-refractivity contribution in [2.75, 3.05) is 18.0 Å². The van der Waals surface area contributed by atoms with Gasteiger partial charge in [0.05, 0.1) is 5.56 Å². The molecule has 0 bridgehead atoms. The highest BCUT2D eigenvalue weighted by Gasteiger charge is 2.33. The van der Waals surface area contributed by atoms with Gasteiger partial charge in [-0.05, 0) is 50.8 Å². The standard InChI is InChI=1S/C15H18F3NO/c1-10-8-12(15(16,17)18)9-13(14(10)11(2)20)19-6-4-3-5-7-19/h8-9H,3-7H2,1-2H3. The van der Waals surface area contributed by atoms with Crippen LogP contribution < -0.4 is 4.90 Å². The maximum atomic E-state index is 12.9. The molecule has 1 aliphatic rings. The third-order valence-corrected chi connectivity index (χ3v) is 3.69. The predicted molar refractivity (Wildman–Crippen MR) is 72.2 cm³/mol. The Morgan fingerprint density at radius 1 is 1.15 bits per heavy atom. The van der Waals surface area contributed by atoms with E-state index in [-0.39, 0.29) is 5.78 Å². The lowest BCUT2D eigenvalue weighted by Gasteiger charge is -2.31. The van der Waals surface area contributed by atoms with Gasteiger partial charge >= 0.3 is 6.18 Å². The second-order valence-electron chi connectivity index (χ2n) is 5.29. The molecular formula is C15H18F3NO. The van der Waals surface area contributed by atoms with E-state index in [0.717, 1.165) is 31.4 Å². The summed E-state index contributed by atoms with van der Waals surface area (Å²) in [6, 6.07) is 2.18. The lowest BCUT2D eigenvalue weighted by atomic mass is 9.97. The highest BCUT2D eigenvalue weighted by Crippen LogP contribution is 2.36. The highest BCUT2D eigenvalue weighted by atomic mass is 19.4. The number of anilines is 1. The number of ketones is 1. The van der Waals surface area contributed by atoms with Crippen LogP contribution in [-0.4, -0.2) is 18.9 Å². The average molecular weight is 285 g/mol. The van der Waals surface area contributed by atoms with E-state index in [9.17, 15) is 18.0 Å². The molecule has 5 heteroatoms. The number of hydrogen-bond acceptors (Lipinski definition) is 2. The number of alkyl halides is 3. The summed E-state index contributed by atoms with van der Waals surface area (Å²) in [6.07, 6.45) is -1.40. The Morgan fingerprint density at radius 2 is 1.75 bits per heavy atom. The topological polar surface area (TPSA) is 20.3 Å². The summed E-state index contributed by atoms with van der Waals surface area (Å²) < 4.78 is 38.8. The van der Waals surface area contributed by atoms with Gasteiger partial charge in [-0.25, -0.2) is 0 Å². The van der Waals surface area contributed by atoms with Crippen LogP contribution in [0.5, 0.6) is 0 Å². The molecule has 110 valence electrons. The minimum Gasteiger partial charge on any atom is -0.371 e. The van der Waals surface area contributed by atoms with E-state index in [0.29, 0.717) is 29.9 Å². The summed E-state index contributed by atoms with van der Waals surface area (Å²) in [6.45, 7) is 4.39. The van der Waals surface area contributed by atoms with Crippen molar-refractivity contribution in [2.24, 2.45) is 0 Å². The average Bonchev–Trinajstić information content (AvgIpc) is 2.37. The zero-order chi connectivity index (χ0) is 14.9. The lowest BCUT2D eigenvalue weighted by molar-refractivity contribution is -0.137. The van der Waals surface area contributed by atoms with E-state index in [1.54, 1.807) is 6.92 Å². The van der Waals surface area contributed by atoms with Crippen LogP contribution >= 0.6 is 0 Å². The monoisotopic (exact) mass is 285 g/mol. The molecule has 0 saturated carbocycles. The van der Waals surface area contributed by atoms with Gasteiger partial charge in [0, 0.05) is 24.3 Å². The number of halogens is 3. The smallest absolute Gasteiger partial charge is 0.371 e. The fourth-order valence-electron chi connectivity index (χ4n) is 2.77. The molecule has 1 aliphatic heterocycles. The second-order valence-corrected chi connectivity index (χ2v) is 5.29. The summed E-state index contributed by atoms with van der Waals surface area (Å²) in [5, 5.41) is 0. The van der Waals surface area contributed by atoms with Gasteiger partial charge < -0.3 is 4.90 Å². The lowest BCUT2D eigenvalue weighted by Crippen LogP contribution is -2.31. The van der Waals surface area contributed by atoms with Crippen molar-refractivity contribution in [3.8, 4) is 0 Å². The van der Waals surface area contributed by atoms with Gasteiger partial charge in [-0.15, -0.1) is 0 Å². The number of carbonyl (C=O) groups excluding carboxylic acids is 1. The van der Waals surface area contributed by atoms with Gasteiger partial charge in [-0.3, -0.25) is 4.79 Å². The van der Waals surface area contributed by atoms with Crippen LogP contribution in [0.25, 0.3) is 0 Å². The molecule has 0 N–H and O–H groups in total. The first-order valence-corrected chi connectivity index (χ1v) is 6.78. The molecule has 20 heavy (non-hydrogen) atoms. The molecule has 1 aromatic carbocycles. The molecule has 1 heterocycles. The maximum absolute atomic E-state index is 12.9. The van der Waals surface area contributed by atoms with E-state index < -0.39 is 11.7 Å². The zero-order valence-corrected chi connectivity index (χ0v) is 11.7. The number of hydrogen-bond donors (Lipinski definition) is 0. The molecular weight excluding hydrogens is 267 g/mol. The number of carbonyl (C=O) groups is 1. The third kappa shape index (κ3) is 2.97. The Balaban J connectivity index is 2.55. The van der Waals surface area contributed by atoms with Gasteiger partial charge in [0.1, 0.15) is 0 Å². The fraction of sp³-hybridized carbons (Fsp3) is 0.533. The van der Waals surface area contributed by atoms with Crippen molar-refractivity contribution in [2.45, 2.75) is 39.3 Å². The van der Waals surface area contributed by atoms with Crippen LogP contribution in [0.2, 0.25) is 0 Å². The predicted octanol–water partition coefficient (Wildman–Crippen LogP) is 4.21. The molecule has 1 saturated heterocycles. The molecule has 1 fully saturated rings. The van der Waals surface area contributed by atoms with Crippen molar-refractivity contribution >= 4 is 11.5 Å². The summed E-state index contributed by atoms with van der Waals surface area (Å²) >= 11 is 0. The van der Waals surface area contributed by atoms with Crippen molar-refractivity contribution in [3.05, 3.63) is 28.8 Å². The van der Waals surface area contributed by atoms with E-state index >= 15 is 0 Å². The van der Waals surface area contributed by atoms with Crippen molar-refractivity contribution < 1.29 is 18.0 Å². The van der Waals surface area contributed by atoms with Crippen molar-refractivity contribution in [1.29, 1.82) is 0 Å². The van der Waals surface area contributed by atoms with E-state index in [1.165, 1.54) is 6.92 Å². The molecule has 2 nitrogen and oxygen atoms in total. The number of piperidine rings is 1. The van der Waals surface area contributed by atoms with Crippen LogP contribution in [0.1, 0.15) is 47.7 Å². The van der Waals surface area contributed by atoms with Crippen LogP contribution in [0.3, 0.4) is 0 Å². The minimum absolute atomic E-state index is 0.184. The number of rotatable bonds is 2. The molecule has 0 unspecified atom stereocenters. The summed E-state index contributed by atoms with van der Waals surface area (Å²) in [5.74, 6) is -0.184. The van der Waals surface area contributed by atoms with Gasteiger partial charge in [0.25, 0.3) is 0 Å². The number of nitrogens with zero attached hydrogens (tertiary/aromatic N) is 1. The Hall–Kier alpha value is -1.52. The molecule has 0 spiro atoms. The number of benzene rings is 1. The van der Waals surface area contributed by atoms with E-state index in [1.807, 2.05) is 4.90 Å². The van der Waals surface area contributed by atoms with Crippen LogP contribution in [0.15, 0.2) is 12.1 Å². The maximum Gasteiger partial charge on any atom is 0.416 e. The minimum atomic E-state index is -4.38. The summed E-state index contributed by atoms with van der Waals surface area (Å²) in [4.78, 5) is 13.7. The van der Waals surface area contributed by atoms with Crippen LogP contribution in [0, 0.1) is 6.92 Å². The largest absolute Gasteiger partial charge is 0.416 e.